The SMILES string of the molecule is CCCCc1nc2c(N)nc3ccccc3c2n1Cc1cc(C)c(O)c(CNC=O)c1. The summed E-state index contributed by atoms with van der Waals surface area (Å²) in [5.41, 5.74) is 11.3. The summed E-state index contributed by atoms with van der Waals surface area (Å²) in [6.07, 6.45) is 3.57. The van der Waals surface area contributed by atoms with E-state index >= 15 is 0 Å². The van der Waals surface area contributed by atoms with Gasteiger partial charge in [-0.3, -0.25) is 4.79 Å². The van der Waals surface area contributed by atoms with Crippen molar-refractivity contribution in [3.05, 3.63) is 58.9 Å². The van der Waals surface area contributed by atoms with Crippen LogP contribution in [0.15, 0.2) is 36.4 Å². The fraction of sp³-hybridized carbons (Fsp3) is 0.292. The molecule has 0 aliphatic heterocycles. The number of hydrogen-bond donors (Lipinski definition) is 3. The molecule has 0 aliphatic rings. The molecule has 0 fully saturated rings. The van der Waals surface area contributed by atoms with Crippen molar-refractivity contribution in [1.29, 1.82) is 0 Å². The van der Waals surface area contributed by atoms with E-state index in [1.807, 2.05) is 43.3 Å². The van der Waals surface area contributed by atoms with Crippen molar-refractivity contribution in [1.82, 2.24) is 19.9 Å². The molecule has 0 radical (unpaired) electrons. The number of aromatic nitrogens is 3. The topological polar surface area (TPSA) is 106 Å². The van der Waals surface area contributed by atoms with Crippen LogP contribution in [-0.2, 0) is 24.3 Å². The lowest BCUT2D eigenvalue weighted by Gasteiger charge is -2.14. The molecule has 0 unspecified atom stereocenters. The van der Waals surface area contributed by atoms with E-state index in [1.165, 1.54) is 0 Å². The van der Waals surface area contributed by atoms with Crippen LogP contribution in [0.4, 0.5) is 5.82 Å². The van der Waals surface area contributed by atoms with Crippen LogP contribution in [0.3, 0.4) is 0 Å². The number of nitrogen functional groups attached to an aromatic ring is 1. The summed E-state index contributed by atoms with van der Waals surface area (Å²) in [5.74, 6) is 1.61. The number of nitrogens with two attached hydrogens (primary N) is 1. The fourth-order valence-electron chi connectivity index (χ4n) is 4.09. The maximum Gasteiger partial charge on any atom is 0.207 e. The Bertz CT molecular complexity index is 1260. The number of amides is 1. The Morgan fingerprint density at radius 3 is 2.81 bits per heavy atom. The first-order chi connectivity index (χ1) is 15.0. The minimum absolute atomic E-state index is 0.207. The zero-order valence-corrected chi connectivity index (χ0v) is 17.9. The standard InChI is InChI=1S/C24H27N5O2/c1-3-4-9-20-28-21-22(18-7-5-6-8-19(18)27-24(21)25)29(20)13-16-10-15(2)23(31)17(11-16)12-26-14-30/h5-8,10-11,14,31H,3-4,9,12-13H2,1-2H3,(H2,25,27)(H,26,30). The van der Waals surface area contributed by atoms with Gasteiger partial charge in [-0.25, -0.2) is 9.97 Å². The third-order valence-corrected chi connectivity index (χ3v) is 5.60. The number of aryl methyl sites for hydroxylation is 2. The van der Waals surface area contributed by atoms with E-state index in [0.717, 1.165) is 58.2 Å². The average molecular weight is 418 g/mol. The third kappa shape index (κ3) is 3.91. The summed E-state index contributed by atoms with van der Waals surface area (Å²) in [6, 6.07) is 11.9. The normalized spacial score (nSPS) is 11.3. The highest BCUT2D eigenvalue weighted by Crippen LogP contribution is 2.31. The molecule has 2 aromatic carbocycles. The number of benzene rings is 2. The van der Waals surface area contributed by atoms with E-state index in [-0.39, 0.29) is 12.3 Å². The molecular formula is C24H27N5O2. The zero-order valence-electron chi connectivity index (χ0n) is 17.9. The molecular weight excluding hydrogens is 390 g/mol. The van der Waals surface area contributed by atoms with Crippen molar-refractivity contribution < 1.29 is 9.90 Å². The van der Waals surface area contributed by atoms with Gasteiger partial charge in [0.25, 0.3) is 0 Å². The fourth-order valence-corrected chi connectivity index (χ4v) is 4.09. The second-order valence-electron chi connectivity index (χ2n) is 7.85. The van der Waals surface area contributed by atoms with Crippen LogP contribution < -0.4 is 11.1 Å². The number of unbranched alkanes of at least 4 members (excludes halogenated alkanes) is 1. The Kier molecular flexibility index (Phi) is 5.75. The van der Waals surface area contributed by atoms with Crippen LogP contribution in [-0.4, -0.2) is 26.1 Å². The van der Waals surface area contributed by atoms with E-state index in [4.69, 9.17) is 10.7 Å². The highest BCUT2D eigenvalue weighted by molar-refractivity contribution is 6.06. The molecule has 1 amide bonds. The number of fused-ring (bicyclic) bond motifs is 3. The second kappa shape index (κ2) is 8.63. The number of phenols is 1. The summed E-state index contributed by atoms with van der Waals surface area (Å²) >= 11 is 0. The quantitative estimate of drug-likeness (QED) is 0.378. The number of carbonyl (C=O) groups is 1. The Morgan fingerprint density at radius 2 is 2.03 bits per heavy atom. The van der Waals surface area contributed by atoms with Gasteiger partial charge in [-0.2, -0.15) is 0 Å². The van der Waals surface area contributed by atoms with Gasteiger partial charge >= 0.3 is 0 Å². The third-order valence-electron chi connectivity index (χ3n) is 5.60. The van der Waals surface area contributed by atoms with Gasteiger partial charge in [0, 0.05) is 30.5 Å². The van der Waals surface area contributed by atoms with E-state index in [9.17, 15) is 9.90 Å². The zero-order chi connectivity index (χ0) is 22.0. The molecule has 2 aromatic heterocycles. The van der Waals surface area contributed by atoms with Crippen molar-refractivity contribution in [3.63, 3.8) is 0 Å². The van der Waals surface area contributed by atoms with Gasteiger partial charge in [0.15, 0.2) is 5.82 Å². The van der Waals surface area contributed by atoms with E-state index in [0.29, 0.717) is 24.3 Å². The van der Waals surface area contributed by atoms with Crippen molar-refractivity contribution >= 4 is 34.2 Å². The molecule has 31 heavy (non-hydrogen) atoms. The number of aromatic hydroxyl groups is 1. The number of carbonyl (C=O) groups excluding carboxylic acids is 1. The first kappa shape index (κ1) is 20.7. The predicted molar refractivity (Wildman–Crippen MR) is 123 cm³/mol. The molecule has 7 nitrogen and oxygen atoms in total. The van der Waals surface area contributed by atoms with Crippen LogP contribution in [0.1, 0.15) is 42.3 Å². The lowest BCUT2D eigenvalue weighted by Crippen LogP contribution is -2.11. The minimum atomic E-state index is 0.207. The van der Waals surface area contributed by atoms with Crippen molar-refractivity contribution in [3.8, 4) is 5.75 Å². The largest absolute Gasteiger partial charge is 0.507 e. The Balaban J connectivity index is 1.90. The first-order valence-electron chi connectivity index (χ1n) is 10.5. The van der Waals surface area contributed by atoms with E-state index in [1.54, 1.807) is 0 Å². The highest BCUT2D eigenvalue weighted by atomic mass is 16.3. The molecule has 7 heteroatoms. The van der Waals surface area contributed by atoms with Crippen LogP contribution >= 0.6 is 0 Å². The summed E-state index contributed by atoms with van der Waals surface area (Å²) in [4.78, 5) is 20.2. The molecule has 0 aliphatic carbocycles. The van der Waals surface area contributed by atoms with E-state index < -0.39 is 0 Å². The summed E-state index contributed by atoms with van der Waals surface area (Å²) in [6.45, 7) is 4.88. The van der Waals surface area contributed by atoms with Gasteiger partial charge in [0.1, 0.15) is 17.1 Å². The molecule has 0 saturated heterocycles. The number of phenolic OH excluding ortho intramolecular Hbond substituents is 1. The van der Waals surface area contributed by atoms with Crippen LogP contribution in [0, 0.1) is 6.92 Å². The molecule has 160 valence electrons. The van der Waals surface area contributed by atoms with Gasteiger partial charge in [0.05, 0.1) is 11.0 Å². The highest BCUT2D eigenvalue weighted by Gasteiger charge is 2.18. The van der Waals surface area contributed by atoms with Gasteiger partial charge in [-0.05, 0) is 36.6 Å². The van der Waals surface area contributed by atoms with E-state index in [2.05, 4.69) is 21.8 Å². The van der Waals surface area contributed by atoms with Gasteiger partial charge in [0.2, 0.25) is 6.41 Å². The number of anilines is 1. The van der Waals surface area contributed by atoms with Crippen molar-refractivity contribution in [2.24, 2.45) is 0 Å². The molecule has 4 aromatic rings. The maximum absolute atomic E-state index is 10.7. The molecule has 0 bridgehead atoms. The van der Waals surface area contributed by atoms with Gasteiger partial charge in [-0.1, -0.05) is 37.6 Å². The minimum Gasteiger partial charge on any atom is -0.507 e. The van der Waals surface area contributed by atoms with Crippen molar-refractivity contribution in [2.75, 3.05) is 5.73 Å². The number of nitrogens with zero attached hydrogens (tertiary/aromatic N) is 3. The number of rotatable bonds is 8. The number of para-hydroxylation sites is 1. The molecule has 4 rings (SSSR count). The van der Waals surface area contributed by atoms with Gasteiger partial charge in [-0.15, -0.1) is 0 Å². The monoisotopic (exact) mass is 417 g/mol. The Morgan fingerprint density at radius 1 is 1.23 bits per heavy atom. The van der Waals surface area contributed by atoms with Crippen LogP contribution in [0.5, 0.6) is 5.75 Å². The Labute approximate surface area is 180 Å². The van der Waals surface area contributed by atoms with Gasteiger partial charge < -0.3 is 20.7 Å². The average Bonchev–Trinajstić information content (AvgIpc) is 3.12. The van der Waals surface area contributed by atoms with Crippen LogP contribution in [0.2, 0.25) is 0 Å². The molecule has 0 spiro atoms. The number of pyridine rings is 1. The number of nitrogens with one attached hydrogen (secondary N) is 1. The lowest BCUT2D eigenvalue weighted by molar-refractivity contribution is -0.109. The molecule has 0 atom stereocenters. The first-order valence-corrected chi connectivity index (χ1v) is 10.5. The smallest absolute Gasteiger partial charge is 0.207 e. The van der Waals surface area contributed by atoms with Crippen molar-refractivity contribution in [2.45, 2.75) is 46.2 Å². The summed E-state index contributed by atoms with van der Waals surface area (Å²) in [7, 11) is 0. The second-order valence-corrected chi connectivity index (χ2v) is 7.85. The molecule has 0 saturated carbocycles. The van der Waals surface area contributed by atoms with Crippen LogP contribution in [0.25, 0.3) is 21.9 Å². The molecule has 2 heterocycles. The molecule has 4 N–H and O–H groups in total. The number of imidazole rings is 1. The lowest BCUT2D eigenvalue weighted by atomic mass is 10.0. The maximum atomic E-state index is 10.7. The number of hydrogen-bond acceptors (Lipinski definition) is 5. The summed E-state index contributed by atoms with van der Waals surface area (Å²) in [5, 5.41) is 14.0. The predicted octanol–water partition coefficient (Wildman–Crippen LogP) is 3.82. The Hall–Kier alpha value is -3.61. The summed E-state index contributed by atoms with van der Waals surface area (Å²) < 4.78 is 2.22.